The van der Waals surface area contributed by atoms with Crippen LogP contribution < -0.4 is 5.56 Å². The van der Waals surface area contributed by atoms with Crippen LogP contribution in [0.4, 0.5) is 5.69 Å². The maximum absolute atomic E-state index is 12.1. The molecular weight excluding hydrogens is 298 g/mol. The number of nitrogens with one attached hydrogen (secondary N) is 1. The van der Waals surface area contributed by atoms with Crippen LogP contribution in [0.25, 0.3) is 5.69 Å². The Morgan fingerprint density at radius 2 is 1.58 bits per heavy atom. The van der Waals surface area contributed by atoms with Gasteiger partial charge in [0.2, 0.25) is 0 Å². The van der Waals surface area contributed by atoms with Crippen LogP contribution in [0.3, 0.4) is 0 Å². The van der Waals surface area contributed by atoms with Crippen LogP contribution in [0, 0.1) is 5.41 Å². The third-order valence-electron chi connectivity index (χ3n) is 3.67. The molecular formula is C20H17N3O. The van der Waals surface area contributed by atoms with Gasteiger partial charge >= 0.3 is 0 Å². The second-order valence-electron chi connectivity index (χ2n) is 5.31. The molecule has 0 aliphatic heterocycles. The number of benzene rings is 2. The van der Waals surface area contributed by atoms with Crippen molar-refractivity contribution in [3.63, 3.8) is 0 Å². The normalized spacial score (nSPS) is 12.2. The number of hydrogen-bond acceptors (Lipinski definition) is 3. The number of aromatic nitrogens is 1. The molecule has 1 atom stereocenters. The molecule has 0 fully saturated rings. The highest BCUT2D eigenvalue weighted by Crippen LogP contribution is 2.15. The van der Waals surface area contributed by atoms with Crippen LogP contribution in [0.1, 0.15) is 11.5 Å². The minimum Gasteiger partial charge on any atom is -0.312 e. The van der Waals surface area contributed by atoms with E-state index in [2.05, 4.69) is 4.99 Å². The first-order valence-electron chi connectivity index (χ1n) is 7.66. The summed E-state index contributed by atoms with van der Waals surface area (Å²) >= 11 is 0. The summed E-state index contributed by atoms with van der Waals surface area (Å²) in [4.78, 5) is 16.5. The fraction of sp³-hybridized carbons (Fsp3) is 0.0500. The molecule has 3 rings (SSSR count). The van der Waals surface area contributed by atoms with Crippen LogP contribution in [-0.2, 0) is 0 Å². The fourth-order valence-corrected chi connectivity index (χ4v) is 2.40. The van der Waals surface area contributed by atoms with Crippen LogP contribution in [0.5, 0.6) is 0 Å². The van der Waals surface area contributed by atoms with Gasteiger partial charge in [-0.05, 0) is 29.8 Å². The number of pyridine rings is 1. The van der Waals surface area contributed by atoms with Crippen molar-refractivity contribution in [2.24, 2.45) is 4.99 Å². The molecule has 24 heavy (non-hydrogen) atoms. The van der Waals surface area contributed by atoms with Gasteiger partial charge in [0.05, 0.1) is 11.6 Å². The molecule has 118 valence electrons. The summed E-state index contributed by atoms with van der Waals surface area (Å²) in [6.45, 7) is 0. The third kappa shape index (κ3) is 3.55. The van der Waals surface area contributed by atoms with Crippen LogP contribution >= 0.6 is 0 Å². The number of rotatable bonds is 5. The van der Waals surface area contributed by atoms with Crippen molar-refractivity contribution in [3.05, 3.63) is 94.9 Å². The molecule has 2 aromatic carbocycles. The predicted molar refractivity (Wildman–Crippen MR) is 98.2 cm³/mol. The van der Waals surface area contributed by atoms with Crippen molar-refractivity contribution in [2.75, 3.05) is 0 Å². The van der Waals surface area contributed by atoms with Gasteiger partial charge in [-0.3, -0.25) is 14.4 Å². The molecule has 0 aliphatic rings. The van der Waals surface area contributed by atoms with E-state index in [1.54, 1.807) is 23.0 Å². The largest absolute Gasteiger partial charge is 0.312 e. The first kappa shape index (κ1) is 15.6. The Kier molecular flexibility index (Phi) is 4.77. The monoisotopic (exact) mass is 315 g/mol. The summed E-state index contributed by atoms with van der Waals surface area (Å²) in [6.07, 6.45) is 4.81. The zero-order valence-corrected chi connectivity index (χ0v) is 13.0. The van der Waals surface area contributed by atoms with E-state index in [1.807, 2.05) is 60.7 Å². The average molecular weight is 315 g/mol. The molecule has 0 saturated heterocycles. The first-order chi connectivity index (χ1) is 11.8. The number of hydrogen-bond donors (Lipinski definition) is 1. The quantitative estimate of drug-likeness (QED) is 0.711. The highest BCUT2D eigenvalue weighted by Gasteiger charge is 2.08. The molecule has 0 saturated carbocycles. The van der Waals surface area contributed by atoms with Gasteiger partial charge in [-0.15, -0.1) is 0 Å². The summed E-state index contributed by atoms with van der Waals surface area (Å²) in [5.74, 6) is -0.291. The molecule has 1 aromatic heterocycles. The van der Waals surface area contributed by atoms with E-state index < -0.39 is 0 Å². The van der Waals surface area contributed by atoms with E-state index in [1.165, 1.54) is 12.3 Å². The lowest BCUT2D eigenvalue weighted by atomic mass is 10.0. The van der Waals surface area contributed by atoms with E-state index in [9.17, 15) is 4.79 Å². The topological polar surface area (TPSA) is 58.2 Å². The third-order valence-corrected chi connectivity index (χ3v) is 3.67. The Hall–Kier alpha value is -3.27. The minimum atomic E-state index is -0.291. The zero-order chi connectivity index (χ0) is 16.8. The molecule has 0 radical (unpaired) electrons. The zero-order valence-electron chi connectivity index (χ0n) is 13.0. The van der Waals surface area contributed by atoms with Crippen LogP contribution in [-0.4, -0.2) is 17.0 Å². The minimum absolute atomic E-state index is 0.103. The van der Waals surface area contributed by atoms with Gasteiger partial charge in [0, 0.05) is 30.4 Å². The highest BCUT2D eigenvalue weighted by atomic mass is 16.1. The lowest BCUT2D eigenvalue weighted by Crippen LogP contribution is -2.18. The first-order valence-corrected chi connectivity index (χ1v) is 7.66. The molecule has 0 amide bonds. The maximum Gasteiger partial charge on any atom is 0.255 e. The number of para-hydroxylation sites is 2. The lowest BCUT2D eigenvalue weighted by Gasteiger charge is -2.11. The maximum atomic E-state index is 12.1. The van der Waals surface area contributed by atoms with E-state index in [0.717, 1.165) is 16.9 Å². The van der Waals surface area contributed by atoms with Crippen LogP contribution in [0.2, 0.25) is 0 Å². The predicted octanol–water partition coefficient (Wildman–Crippen LogP) is 3.97. The molecule has 3 aromatic rings. The molecule has 4 nitrogen and oxygen atoms in total. The van der Waals surface area contributed by atoms with Gasteiger partial charge in [-0.2, -0.15) is 0 Å². The smallest absolute Gasteiger partial charge is 0.255 e. The van der Waals surface area contributed by atoms with Crippen molar-refractivity contribution >= 4 is 18.1 Å². The lowest BCUT2D eigenvalue weighted by molar-refractivity contribution is 0.963. The number of aliphatic imine (C=N–C) groups is 1. The fourth-order valence-electron chi connectivity index (χ4n) is 2.40. The summed E-state index contributed by atoms with van der Waals surface area (Å²) in [5, 5.41) is 7.69. The van der Waals surface area contributed by atoms with Crippen molar-refractivity contribution in [1.29, 1.82) is 5.41 Å². The SMILES string of the molecule is N=CC(C=Nc1ccccc1)c1ccc(=O)n(-c2ccccc2)c1. The van der Waals surface area contributed by atoms with Crippen molar-refractivity contribution in [1.82, 2.24) is 4.57 Å². The summed E-state index contributed by atoms with van der Waals surface area (Å²) in [5.41, 5.74) is 2.37. The molecule has 1 unspecified atom stereocenters. The second kappa shape index (κ2) is 7.33. The summed E-state index contributed by atoms with van der Waals surface area (Å²) < 4.78 is 1.59. The molecule has 0 bridgehead atoms. The van der Waals surface area contributed by atoms with E-state index in [0.29, 0.717) is 0 Å². The molecule has 1 N–H and O–H groups in total. The Morgan fingerprint density at radius 1 is 0.917 bits per heavy atom. The standard InChI is InChI=1S/C20H17N3O/c21-13-17(14-22-18-7-3-1-4-8-18)16-11-12-20(24)23(15-16)19-9-5-2-6-10-19/h1-15,17,21H. The highest BCUT2D eigenvalue weighted by molar-refractivity contribution is 5.90. The van der Waals surface area contributed by atoms with E-state index in [-0.39, 0.29) is 11.5 Å². The van der Waals surface area contributed by atoms with Crippen molar-refractivity contribution in [3.8, 4) is 5.69 Å². The van der Waals surface area contributed by atoms with Gasteiger partial charge in [0.1, 0.15) is 0 Å². The molecule has 4 heteroatoms. The summed E-state index contributed by atoms with van der Waals surface area (Å²) in [6, 6.07) is 22.3. The Labute approximate surface area is 140 Å². The number of nitrogens with zero attached hydrogens (tertiary/aromatic N) is 2. The Morgan fingerprint density at radius 3 is 2.25 bits per heavy atom. The van der Waals surface area contributed by atoms with Gasteiger partial charge < -0.3 is 5.41 Å². The Bertz CT molecular complexity index is 899. The van der Waals surface area contributed by atoms with Gasteiger partial charge in [-0.1, -0.05) is 42.5 Å². The van der Waals surface area contributed by atoms with Crippen LogP contribution in [0.15, 0.2) is 88.8 Å². The average Bonchev–Trinajstić information content (AvgIpc) is 2.65. The second-order valence-corrected chi connectivity index (χ2v) is 5.31. The van der Waals surface area contributed by atoms with Crippen molar-refractivity contribution < 1.29 is 0 Å². The molecule has 0 spiro atoms. The van der Waals surface area contributed by atoms with Crippen molar-refractivity contribution in [2.45, 2.75) is 5.92 Å². The van der Waals surface area contributed by atoms with E-state index in [4.69, 9.17) is 5.41 Å². The van der Waals surface area contributed by atoms with Gasteiger partial charge in [0.15, 0.2) is 0 Å². The molecule has 1 heterocycles. The molecule has 0 aliphatic carbocycles. The van der Waals surface area contributed by atoms with Gasteiger partial charge in [-0.25, -0.2) is 0 Å². The van der Waals surface area contributed by atoms with E-state index >= 15 is 0 Å². The summed E-state index contributed by atoms with van der Waals surface area (Å²) in [7, 11) is 0. The van der Waals surface area contributed by atoms with Gasteiger partial charge in [0.25, 0.3) is 5.56 Å². The Balaban J connectivity index is 1.94.